The van der Waals surface area contributed by atoms with E-state index in [4.69, 9.17) is 38.6 Å². The van der Waals surface area contributed by atoms with Crippen LogP contribution in [0, 0.1) is 51.9 Å². The van der Waals surface area contributed by atoms with Gasteiger partial charge in [-0.25, -0.2) is 33.7 Å². The Labute approximate surface area is 610 Å². The Morgan fingerprint density at radius 3 is 1.52 bits per heavy atom. The molecule has 0 spiro atoms. The summed E-state index contributed by atoms with van der Waals surface area (Å²) < 4.78 is 12.5. The lowest BCUT2D eigenvalue weighted by Gasteiger charge is -2.20. The van der Waals surface area contributed by atoms with E-state index in [2.05, 4.69) is 113 Å². The number of carboxylic acids is 1. The Morgan fingerprint density at radius 2 is 1.05 bits per heavy atom. The standard InChI is InChI=1S/C24H21N7OS.C17H12N4O2.C9H9BrO2.C9H10N3O2.C9H5N.C7H11N3S/c1-30-10-9-20-22(15-30)33-24(26-20)27-23(32)19-4-2-3-17(11-19)13-31-14-21(28-29-31)18-7-5-16(12-25)6-8-18;18-9-12-4-6-14(7-5-12)16-11-21(20-19-16)10-13-2-1-3-15(8-13)17(22)23;1-12-9(11)8-4-2-3-7(5-8)6-10;1-14-9(13)8-4-2-3-7(5-8)6-11-12-10;1-2-8-3-5-9(7-10)6-4-8;1-10-3-2-5-6(4-10)11-7(8)9-5/h2-8,11,14H,9-10,13,15H2,1H3,(H,26,27,32);1-8,11H,10H2,(H,22,23);2-5H,6H2,1H3;2-5,10H,6H2,1H3;1,3-6H;2-4H2,1H3,(H2,8,9)/q;;;+1;;. The molecule has 11 aromatic rings. The highest BCUT2D eigenvalue weighted by molar-refractivity contribution is 9.08. The number of carboxylic acid groups (broad SMARTS) is 1. The molecule has 7 aromatic carbocycles. The molecule has 0 unspecified atom stereocenters. The van der Waals surface area contributed by atoms with Crippen LogP contribution in [-0.2, 0) is 60.4 Å². The van der Waals surface area contributed by atoms with E-state index in [0.717, 1.165) is 94.7 Å². The van der Waals surface area contributed by atoms with Crippen LogP contribution < -0.4 is 16.0 Å². The first-order chi connectivity index (χ1) is 49.9. The second kappa shape index (κ2) is 38.7. The molecule has 518 valence electrons. The van der Waals surface area contributed by atoms with Gasteiger partial charge in [0.05, 0.1) is 103 Å². The normalized spacial score (nSPS) is 11.6. The van der Waals surface area contributed by atoms with Gasteiger partial charge in [0.1, 0.15) is 28.6 Å². The fourth-order valence-corrected chi connectivity index (χ4v) is 12.3. The fraction of sp³-hybridized carbons (Fsp3) is 0.187. The molecular formula is C75H68BrN18O7S2+. The summed E-state index contributed by atoms with van der Waals surface area (Å²) in [5, 5.41) is 60.3. The van der Waals surface area contributed by atoms with E-state index in [9.17, 15) is 19.2 Å². The van der Waals surface area contributed by atoms with Crippen molar-refractivity contribution in [1.82, 2.24) is 54.7 Å². The molecule has 6 heterocycles. The predicted octanol–water partition coefficient (Wildman–Crippen LogP) is 12.3. The number of hydrogen-bond acceptors (Lipinski definition) is 22. The van der Waals surface area contributed by atoms with E-state index >= 15 is 0 Å². The lowest BCUT2D eigenvalue weighted by molar-refractivity contribution is 0.0591. The number of benzene rings is 7. The molecule has 2 aliphatic rings. The van der Waals surface area contributed by atoms with Crippen molar-refractivity contribution in [3.63, 3.8) is 0 Å². The lowest BCUT2D eigenvalue weighted by Crippen LogP contribution is -2.25. The summed E-state index contributed by atoms with van der Waals surface area (Å²) in [5.41, 5.74) is 25.8. The zero-order chi connectivity index (χ0) is 73.6. The average molecular weight is 1480 g/mol. The Hall–Kier alpha value is -12.5. The number of halogens is 1. The molecule has 5 N–H and O–H groups in total. The second-order valence-corrected chi connectivity index (χ2v) is 25.4. The van der Waals surface area contributed by atoms with Gasteiger partial charge in [-0.2, -0.15) is 15.8 Å². The van der Waals surface area contributed by atoms with Crippen molar-refractivity contribution < 1.29 is 33.8 Å². The summed E-state index contributed by atoms with van der Waals surface area (Å²) in [6.07, 6.45) is 10.7. The molecule has 28 heteroatoms. The first-order valence-electron chi connectivity index (χ1n) is 31.4. The zero-order valence-electron chi connectivity index (χ0n) is 56.3. The van der Waals surface area contributed by atoms with Crippen molar-refractivity contribution in [3.8, 4) is 53.1 Å². The number of thiazole rings is 2. The molecule has 0 atom stereocenters. The van der Waals surface area contributed by atoms with E-state index in [1.807, 2.05) is 72.9 Å². The monoisotopic (exact) mass is 1480 g/mol. The number of carbonyl (C=O) groups excluding carboxylic acids is 3. The van der Waals surface area contributed by atoms with Crippen LogP contribution in [0.5, 0.6) is 0 Å². The minimum atomic E-state index is -0.955. The maximum absolute atomic E-state index is 12.8. The summed E-state index contributed by atoms with van der Waals surface area (Å²) >= 11 is 6.48. The number of nitrogen functional groups attached to an aromatic ring is 1. The third-order valence-corrected chi connectivity index (χ3v) is 17.7. The van der Waals surface area contributed by atoms with E-state index in [1.54, 1.807) is 147 Å². The molecule has 0 saturated carbocycles. The number of esters is 2. The first-order valence-corrected chi connectivity index (χ1v) is 34.2. The van der Waals surface area contributed by atoms with Crippen molar-refractivity contribution in [3.05, 3.63) is 270 Å². The molecule has 25 nitrogen and oxygen atoms in total. The van der Waals surface area contributed by atoms with E-state index in [0.29, 0.717) is 69.0 Å². The number of nitriles is 3. The largest absolute Gasteiger partial charge is 0.478 e. The van der Waals surface area contributed by atoms with Crippen molar-refractivity contribution in [1.29, 1.82) is 21.3 Å². The Kier molecular flexibility index (Phi) is 28.7. The van der Waals surface area contributed by atoms with Crippen LogP contribution in [0.1, 0.15) is 107 Å². The van der Waals surface area contributed by atoms with E-state index in [1.165, 1.54) is 29.7 Å². The van der Waals surface area contributed by atoms with Gasteiger partial charge in [0.15, 0.2) is 10.3 Å². The number of rotatable bonds is 14. The minimum absolute atomic E-state index is 0.173. The molecule has 0 saturated heterocycles. The molecule has 2 aliphatic heterocycles. The zero-order valence-corrected chi connectivity index (χ0v) is 59.6. The van der Waals surface area contributed by atoms with Crippen LogP contribution in [0.3, 0.4) is 0 Å². The number of carbonyl (C=O) groups is 4. The lowest BCUT2D eigenvalue weighted by atomic mass is 10.1. The molecule has 0 aliphatic carbocycles. The highest BCUT2D eigenvalue weighted by atomic mass is 79.9. The number of amides is 1. The smallest absolute Gasteiger partial charge is 0.337 e. The van der Waals surface area contributed by atoms with Gasteiger partial charge in [0, 0.05) is 76.4 Å². The summed E-state index contributed by atoms with van der Waals surface area (Å²) in [7, 11) is 6.93. The Morgan fingerprint density at radius 1 is 0.621 bits per heavy atom. The van der Waals surface area contributed by atoms with Gasteiger partial charge < -0.3 is 30.1 Å². The van der Waals surface area contributed by atoms with E-state index < -0.39 is 5.97 Å². The number of aromatic carboxylic acids is 1. The maximum Gasteiger partial charge on any atom is 0.337 e. The first kappa shape index (κ1) is 76.3. The summed E-state index contributed by atoms with van der Waals surface area (Å²) in [4.78, 5) is 64.8. The van der Waals surface area contributed by atoms with Crippen molar-refractivity contribution in [2.24, 2.45) is 5.11 Å². The number of fused-ring (bicyclic) bond motifs is 2. The number of nitrogens with zero attached hydrogens (tertiary/aromatic N) is 15. The van der Waals surface area contributed by atoms with Crippen LogP contribution in [0.2, 0.25) is 0 Å². The molecular weight excluding hydrogens is 1410 g/mol. The number of terminal acetylenes is 1. The van der Waals surface area contributed by atoms with Crippen LogP contribution in [0.25, 0.3) is 22.5 Å². The molecule has 0 bridgehead atoms. The number of nitrogens with one attached hydrogen (secondary N) is 2. The summed E-state index contributed by atoms with van der Waals surface area (Å²) in [6.45, 7) is 5.21. The SMILES string of the molecule is C#Cc1ccc(C#N)cc1.CN1CCc2nc(N)sc2C1.CN1CCc2nc(NC(=O)c3cccc(Cn4cc(-c5ccc(C#N)cc5)nn4)c3)sc2C1.COC(=O)c1cccc(CBr)c1.COC(=O)c1cccc(CN=[N+]=N)c1.N#Cc1ccc(-c2cn(Cc3cccc(C(=O)O)c3)nn2)cc1. The average Bonchev–Trinajstić information content (AvgIpc) is 1.71. The van der Waals surface area contributed by atoms with Gasteiger partial charge in [-0.1, -0.05) is 105 Å². The number of alkyl halides is 1. The number of methoxy groups -OCH3 is 2. The Balaban J connectivity index is 0.000000167. The van der Waals surface area contributed by atoms with E-state index in [-0.39, 0.29) is 23.4 Å². The van der Waals surface area contributed by atoms with Gasteiger partial charge >= 0.3 is 17.9 Å². The van der Waals surface area contributed by atoms with Crippen LogP contribution >= 0.6 is 38.6 Å². The molecule has 1 amide bonds. The number of likely N-dealkylation sites (N-methyl/N-ethyl adjacent to an activating group) is 2. The molecule has 4 aromatic heterocycles. The highest BCUT2D eigenvalue weighted by Gasteiger charge is 2.21. The fourth-order valence-electron chi connectivity index (χ4n) is 9.90. The molecule has 0 radical (unpaired) electrons. The van der Waals surface area contributed by atoms with Crippen LogP contribution in [0.4, 0.5) is 10.3 Å². The summed E-state index contributed by atoms with van der Waals surface area (Å²) in [6, 6.07) is 55.8. The third kappa shape index (κ3) is 23.3. The van der Waals surface area contributed by atoms with Crippen LogP contribution in [0.15, 0.2) is 187 Å². The predicted molar refractivity (Wildman–Crippen MR) is 393 cm³/mol. The van der Waals surface area contributed by atoms with Gasteiger partial charge in [0.25, 0.3) is 5.91 Å². The van der Waals surface area contributed by atoms with Gasteiger partial charge in [0.2, 0.25) is 4.91 Å². The van der Waals surface area contributed by atoms with Crippen LogP contribution in [-0.4, -0.2) is 120 Å². The number of hydrogen-bond donors (Lipinski definition) is 4. The molecule has 103 heavy (non-hydrogen) atoms. The molecule has 13 rings (SSSR count). The number of nitrogens with two attached hydrogens (primary N) is 1. The van der Waals surface area contributed by atoms with Gasteiger partial charge in [-0.15, -0.1) is 39.3 Å². The molecule has 0 fully saturated rings. The minimum Gasteiger partial charge on any atom is -0.478 e. The van der Waals surface area contributed by atoms with Gasteiger partial charge in [-0.05, 0) is 133 Å². The van der Waals surface area contributed by atoms with Crippen molar-refractivity contribution in [2.45, 2.75) is 50.9 Å². The maximum atomic E-state index is 12.8. The number of ether oxygens (including phenoxy) is 2. The van der Waals surface area contributed by atoms with Gasteiger partial charge in [-0.3, -0.25) is 10.1 Å². The van der Waals surface area contributed by atoms with Crippen molar-refractivity contribution in [2.75, 3.05) is 52.5 Å². The topological polar surface area (TPSA) is 360 Å². The third-order valence-electron chi connectivity index (χ3n) is 15.2. The summed E-state index contributed by atoms with van der Waals surface area (Å²) in [5.74, 6) is 0.667. The van der Waals surface area contributed by atoms with Crippen molar-refractivity contribution >= 4 is 72.7 Å². The Bertz CT molecular complexity index is 4930. The quantitative estimate of drug-likeness (QED) is 0.0258. The number of aromatic nitrogens is 8. The second-order valence-electron chi connectivity index (χ2n) is 22.7. The number of anilines is 2. The highest BCUT2D eigenvalue weighted by Crippen LogP contribution is 2.29.